The average Bonchev–Trinajstić information content (AvgIpc) is 3.06. The zero-order valence-corrected chi connectivity index (χ0v) is 15.6. The van der Waals surface area contributed by atoms with Gasteiger partial charge in [-0.15, -0.1) is 0 Å². The monoisotopic (exact) mass is 357 g/mol. The van der Waals surface area contributed by atoms with E-state index in [1.165, 1.54) is 0 Å². The Bertz CT molecular complexity index is 679. The molecule has 2 saturated heterocycles. The molecule has 0 radical (unpaired) electrons. The summed E-state index contributed by atoms with van der Waals surface area (Å²) in [5, 5.41) is 0. The van der Waals surface area contributed by atoms with Gasteiger partial charge in [0.05, 0.1) is 12.0 Å². The van der Waals surface area contributed by atoms with Gasteiger partial charge in [0, 0.05) is 39.1 Å². The van der Waals surface area contributed by atoms with E-state index in [1.54, 1.807) is 9.80 Å². The highest BCUT2D eigenvalue weighted by atomic mass is 16.2. The Hall–Kier alpha value is -2.37. The summed E-state index contributed by atoms with van der Waals surface area (Å²) >= 11 is 0. The van der Waals surface area contributed by atoms with Crippen molar-refractivity contribution in [2.24, 2.45) is 0 Å². The van der Waals surface area contributed by atoms with Crippen LogP contribution < -0.4 is 0 Å². The lowest BCUT2D eigenvalue weighted by Gasteiger charge is -2.39. The molecular weight excluding hydrogens is 330 g/mol. The first-order chi connectivity index (χ1) is 12.4. The summed E-state index contributed by atoms with van der Waals surface area (Å²) in [4.78, 5) is 42.3. The lowest BCUT2D eigenvalue weighted by molar-refractivity contribution is -0.144. The van der Waals surface area contributed by atoms with Crippen LogP contribution in [0.5, 0.6) is 0 Å². The van der Waals surface area contributed by atoms with Crippen molar-refractivity contribution in [3.63, 3.8) is 0 Å². The number of carbonyl (C=O) groups excluding carboxylic acids is 3. The van der Waals surface area contributed by atoms with Gasteiger partial charge >= 0.3 is 0 Å². The standard InChI is InChI=1S/C20H27N3O3/c1-20(2,16-7-4-3-5-8-16)19(26)22-13-11-21(12-14-22)18(25)15-23-10-6-9-17(23)24/h3-5,7-8H,6,9-15H2,1-2H3. The smallest absolute Gasteiger partial charge is 0.242 e. The molecule has 0 aliphatic carbocycles. The van der Waals surface area contributed by atoms with Gasteiger partial charge in [-0.2, -0.15) is 0 Å². The minimum absolute atomic E-state index is 0.0188. The fraction of sp³-hybridized carbons (Fsp3) is 0.550. The molecule has 0 N–H and O–H groups in total. The molecule has 2 fully saturated rings. The van der Waals surface area contributed by atoms with E-state index in [0.29, 0.717) is 39.1 Å². The highest BCUT2D eigenvalue weighted by Gasteiger charge is 2.36. The second-order valence-corrected chi connectivity index (χ2v) is 7.58. The molecule has 3 rings (SSSR count). The molecule has 1 aromatic carbocycles. The van der Waals surface area contributed by atoms with Gasteiger partial charge in [-0.05, 0) is 25.8 Å². The Morgan fingerprint density at radius 3 is 2.15 bits per heavy atom. The number of hydrogen-bond donors (Lipinski definition) is 0. The summed E-state index contributed by atoms with van der Waals surface area (Å²) in [6, 6.07) is 9.79. The average molecular weight is 357 g/mol. The quantitative estimate of drug-likeness (QED) is 0.815. The van der Waals surface area contributed by atoms with E-state index >= 15 is 0 Å². The van der Waals surface area contributed by atoms with Gasteiger partial charge < -0.3 is 14.7 Å². The van der Waals surface area contributed by atoms with Crippen LogP contribution in [0.15, 0.2) is 30.3 Å². The number of rotatable bonds is 4. The maximum Gasteiger partial charge on any atom is 0.242 e. The first kappa shape index (κ1) is 18.4. The molecule has 2 aliphatic heterocycles. The van der Waals surface area contributed by atoms with E-state index in [9.17, 15) is 14.4 Å². The third-order valence-corrected chi connectivity index (χ3v) is 5.45. The van der Waals surface area contributed by atoms with E-state index in [0.717, 1.165) is 12.0 Å². The van der Waals surface area contributed by atoms with Crippen LogP contribution >= 0.6 is 0 Å². The number of piperazine rings is 1. The van der Waals surface area contributed by atoms with Gasteiger partial charge in [-0.1, -0.05) is 30.3 Å². The number of carbonyl (C=O) groups is 3. The van der Waals surface area contributed by atoms with Gasteiger partial charge in [-0.25, -0.2) is 0 Å². The van der Waals surface area contributed by atoms with Crippen molar-refractivity contribution < 1.29 is 14.4 Å². The SMILES string of the molecule is CC(C)(C(=O)N1CCN(C(=O)CN2CCCC2=O)CC1)c1ccccc1. The molecule has 0 spiro atoms. The molecule has 0 aromatic heterocycles. The van der Waals surface area contributed by atoms with Crippen molar-refractivity contribution in [1.82, 2.24) is 14.7 Å². The van der Waals surface area contributed by atoms with E-state index in [1.807, 2.05) is 49.1 Å². The Kier molecular flexibility index (Phi) is 5.30. The third kappa shape index (κ3) is 3.74. The lowest BCUT2D eigenvalue weighted by Crippen LogP contribution is -2.55. The summed E-state index contributed by atoms with van der Waals surface area (Å²) in [7, 11) is 0. The Balaban J connectivity index is 1.55. The van der Waals surface area contributed by atoms with Crippen molar-refractivity contribution in [3.05, 3.63) is 35.9 Å². The second-order valence-electron chi connectivity index (χ2n) is 7.58. The molecule has 0 atom stereocenters. The van der Waals surface area contributed by atoms with Crippen LogP contribution in [0.2, 0.25) is 0 Å². The highest BCUT2D eigenvalue weighted by Crippen LogP contribution is 2.26. The van der Waals surface area contributed by atoms with Gasteiger partial charge in [-0.3, -0.25) is 14.4 Å². The summed E-state index contributed by atoms with van der Waals surface area (Å²) in [6.45, 7) is 6.86. The summed E-state index contributed by atoms with van der Waals surface area (Å²) in [6.07, 6.45) is 1.38. The highest BCUT2D eigenvalue weighted by molar-refractivity contribution is 5.88. The zero-order chi connectivity index (χ0) is 18.7. The molecule has 0 unspecified atom stereocenters. The Morgan fingerprint density at radius 2 is 1.58 bits per heavy atom. The molecule has 2 heterocycles. The van der Waals surface area contributed by atoms with Crippen molar-refractivity contribution >= 4 is 17.7 Å². The van der Waals surface area contributed by atoms with Crippen LogP contribution in [0.25, 0.3) is 0 Å². The maximum absolute atomic E-state index is 13.0. The Morgan fingerprint density at radius 1 is 0.962 bits per heavy atom. The molecular formula is C20H27N3O3. The summed E-state index contributed by atoms with van der Waals surface area (Å²) in [5.74, 6) is 0.136. The lowest BCUT2D eigenvalue weighted by atomic mass is 9.83. The number of amides is 3. The van der Waals surface area contributed by atoms with Gasteiger partial charge in [0.2, 0.25) is 17.7 Å². The molecule has 1 aromatic rings. The van der Waals surface area contributed by atoms with Crippen molar-refractivity contribution in [1.29, 1.82) is 0 Å². The largest absolute Gasteiger partial charge is 0.338 e. The number of likely N-dealkylation sites (tertiary alicyclic amines) is 1. The normalized spacial score (nSPS) is 18.4. The number of benzene rings is 1. The topological polar surface area (TPSA) is 60.9 Å². The maximum atomic E-state index is 13.0. The Labute approximate surface area is 154 Å². The van der Waals surface area contributed by atoms with Crippen molar-refractivity contribution in [3.8, 4) is 0 Å². The first-order valence-corrected chi connectivity index (χ1v) is 9.30. The van der Waals surface area contributed by atoms with Crippen LogP contribution in [-0.4, -0.2) is 71.7 Å². The molecule has 140 valence electrons. The molecule has 3 amide bonds. The van der Waals surface area contributed by atoms with E-state index in [-0.39, 0.29) is 24.3 Å². The zero-order valence-electron chi connectivity index (χ0n) is 15.6. The molecule has 0 bridgehead atoms. The minimum Gasteiger partial charge on any atom is -0.338 e. The van der Waals surface area contributed by atoms with Crippen LogP contribution in [0.4, 0.5) is 0 Å². The molecule has 26 heavy (non-hydrogen) atoms. The number of nitrogens with zero attached hydrogens (tertiary/aromatic N) is 3. The fourth-order valence-corrected chi connectivity index (χ4v) is 3.67. The van der Waals surface area contributed by atoms with E-state index in [4.69, 9.17) is 0 Å². The van der Waals surface area contributed by atoms with E-state index < -0.39 is 5.41 Å². The van der Waals surface area contributed by atoms with Crippen LogP contribution in [-0.2, 0) is 19.8 Å². The van der Waals surface area contributed by atoms with E-state index in [2.05, 4.69) is 0 Å². The summed E-state index contributed by atoms with van der Waals surface area (Å²) < 4.78 is 0. The van der Waals surface area contributed by atoms with Crippen molar-refractivity contribution in [2.45, 2.75) is 32.1 Å². The van der Waals surface area contributed by atoms with Gasteiger partial charge in [0.15, 0.2) is 0 Å². The molecule has 6 nitrogen and oxygen atoms in total. The molecule has 2 aliphatic rings. The van der Waals surface area contributed by atoms with Crippen LogP contribution in [0.1, 0.15) is 32.3 Å². The molecule has 0 saturated carbocycles. The van der Waals surface area contributed by atoms with Crippen LogP contribution in [0.3, 0.4) is 0 Å². The summed E-state index contributed by atoms with van der Waals surface area (Å²) in [5.41, 5.74) is 0.408. The van der Waals surface area contributed by atoms with Crippen LogP contribution in [0, 0.1) is 0 Å². The second kappa shape index (κ2) is 7.48. The molecule has 6 heteroatoms. The third-order valence-electron chi connectivity index (χ3n) is 5.45. The predicted molar refractivity (Wildman–Crippen MR) is 98.4 cm³/mol. The van der Waals surface area contributed by atoms with Gasteiger partial charge in [0.25, 0.3) is 0 Å². The van der Waals surface area contributed by atoms with Crippen molar-refractivity contribution in [2.75, 3.05) is 39.3 Å². The fourth-order valence-electron chi connectivity index (χ4n) is 3.67. The number of hydrogen-bond acceptors (Lipinski definition) is 3. The first-order valence-electron chi connectivity index (χ1n) is 9.30. The van der Waals surface area contributed by atoms with Gasteiger partial charge in [0.1, 0.15) is 0 Å². The predicted octanol–water partition coefficient (Wildman–Crippen LogP) is 1.26. The minimum atomic E-state index is -0.588.